The molecule has 0 saturated carbocycles. The molecule has 0 atom stereocenters. The van der Waals surface area contributed by atoms with Crippen LogP contribution in [-0.4, -0.2) is 9.97 Å². The van der Waals surface area contributed by atoms with Crippen LogP contribution in [0.2, 0.25) is 0 Å². The van der Waals surface area contributed by atoms with E-state index in [1.165, 1.54) is 0 Å². The maximum atomic E-state index is 5.78. The minimum absolute atomic E-state index is 0.711. The molecule has 0 aliphatic heterocycles. The third-order valence-electron chi connectivity index (χ3n) is 3.82. The summed E-state index contributed by atoms with van der Waals surface area (Å²) in [5.41, 5.74) is 10.4. The van der Waals surface area contributed by atoms with Gasteiger partial charge in [0, 0.05) is 22.2 Å². The van der Waals surface area contributed by atoms with Crippen LogP contribution in [0.5, 0.6) is 0 Å². The zero-order valence-corrected chi connectivity index (χ0v) is 12.5. The lowest BCUT2D eigenvalue weighted by Gasteiger charge is -2.09. The number of nitrogen functional groups attached to an aromatic ring is 1. The van der Waals surface area contributed by atoms with Crippen molar-refractivity contribution in [1.82, 2.24) is 9.97 Å². The Morgan fingerprint density at radius 2 is 1.30 bits per heavy atom. The zero-order valence-electron chi connectivity index (χ0n) is 12.5. The monoisotopic (exact) mass is 297 g/mol. The molecule has 0 saturated heterocycles. The van der Waals surface area contributed by atoms with E-state index in [4.69, 9.17) is 15.7 Å². The minimum atomic E-state index is 0.711. The maximum absolute atomic E-state index is 5.78. The van der Waals surface area contributed by atoms with Gasteiger partial charge in [0.1, 0.15) is 0 Å². The molecule has 0 amide bonds. The molecule has 3 nitrogen and oxygen atoms in total. The standard InChI is InChI=1S/C20H15N3/c21-16-12-10-15(11-13-16)20-22-18-9-5-4-8-17(18)19(23-20)14-6-2-1-3-7-14/h1-13H,21H2. The first-order valence-corrected chi connectivity index (χ1v) is 7.49. The number of para-hydroxylation sites is 1. The van der Waals surface area contributed by atoms with Crippen molar-refractivity contribution in [3.8, 4) is 22.6 Å². The third kappa shape index (κ3) is 2.53. The Morgan fingerprint density at radius 1 is 0.609 bits per heavy atom. The largest absolute Gasteiger partial charge is 0.399 e. The van der Waals surface area contributed by atoms with Crippen molar-refractivity contribution < 1.29 is 0 Å². The third-order valence-corrected chi connectivity index (χ3v) is 3.82. The zero-order chi connectivity index (χ0) is 15.6. The molecule has 4 rings (SSSR count). The number of rotatable bonds is 2. The first kappa shape index (κ1) is 13.5. The Hall–Kier alpha value is -3.20. The van der Waals surface area contributed by atoms with E-state index in [0.717, 1.165) is 33.4 Å². The van der Waals surface area contributed by atoms with Gasteiger partial charge < -0.3 is 5.73 Å². The van der Waals surface area contributed by atoms with Gasteiger partial charge >= 0.3 is 0 Å². The van der Waals surface area contributed by atoms with Gasteiger partial charge in [-0.25, -0.2) is 9.97 Å². The van der Waals surface area contributed by atoms with Crippen LogP contribution in [0.3, 0.4) is 0 Å². The molecule has 2 N–H and O–H groups in total. The molecule has 23 heavy (non-hydrogen) atoms. The Bertz CT molecular complexity index is 961. The van der Waals surface area contributed by atoms with Gasteiger partial charge in [-0.1, -0.05) is 48.5 Å². The number of benzene rings is 3. The van der Waals surface area contributed by atoms with Crippen molar-refractivity contribution in [3.05, 3.63) is 78.9 Å². The maximum Gasteiger partial charge on any atom is 0.160 e. The SMILES string of the molecule is Nc1ccc(-c2nc(-c3ccccc3)c3ccccc3n2)cc1. The number of hydrogen-bond donors (Lipinski definition) is 1. The molecular weight excluding hydrogens is 282 g/mol. The summed E-state index contributed by atoms with van der Waals surface area (Å²) in [5, 5.41) is 1.05. The number of fused-ring (bicyclic) bond motifs is 1. The van der Waals surface area contributed by atoms with Crippen LogP contribution in [0.1, 0.15) is 0 Å². The lowest BCUT2D eigenvalue weighted by Crippen LogP contribution is -1.95. The van der Waals surface area contributed by atoms with Gasteiger partial charge in [-0.3, -0.25) is 0 Å². The number of nitrogens with zero attached hydrogens (tertiary/aromatic N) is 2. The van der Waals surface area contributed by atoms with Crippen molar-refractivity contribution in [2.45, 2.75) is 0 Å². The summed E-state index contributed by atoms with van der Waals surface area (Å²) in [4.78, 5) is 9.53. The van der Waals surface area contributed by atoms with Crippen LogP contribution >= 0.6 is 0 Å². The first-order valence-electron chi connectivity index (χ1n) is 7.49. The van der Waals surface area contributed by atoms with Crippen molar-refractivity contribution in [3.63, 3.8) is 0 Å². The van der Waals surface area contributed by atoms with Crippen LogP contribution in [0.25, 0.3) is 33.5 Å². The highest BCUT2D eigenvalue weighted by Crippen LogP contribution is 2.28. The van der Waals surface area contributed by atoms with E-state index < -0.39 is 0 Å². The summed E-state index contributed by atoms with van der Waals surface area (Å²) in [7, 11) is 0. The van der Waals surface area contributed by atoms with E-state index >= 15 is 0 Å². The number of nitrogens with two attached hydrogens (primary N) is 1. The highest BCUT2D eigenvalue weighted by atomic mass is 14.9. The fraction of sp³-hybridized carbons (Fsp3) is 0. The van der Waals surface area contributed by atoms with E-state index in [0.29, 0.717) is 5.82 Å². The first-order chi connectivity index (χ1) is 11.3. The van der Waals surface area contributed by atoms with Crippen LogP contribution in [-0.2, 0) is 0 Å². The quantitative estimate of drug-likeness (QED) is 0.552. The molecule has 1 aromatic heterocycles. The molecule has 0 spiro atoms. The van der Waals surface area contributed by atoms with E-state index in [1.807, 2.05) is 60.7 Å². The van der Waals surface area contributed by atoms with Gasteiger partial charge in [-0.2, -0.15) is 0 Å². The summed E-state index contributed by atoms with van der Waals surface area (Å²) in [6, 6.07) is 25.9. The molecule has 0 aliphatic rings. The molecule has 110 valence electrons. The number of anilines is 1. The lowest BCUT2D eigenvalue weighted by molar-refractivity contribution is 1.23. The van der Waals surface area contributed by atoms with E-state index in [2.05, 4.69) is 18.2 Å². The smallest absolute Gasteiger partial charge is 0.160 e. The van der Waals surface area contributed by atoms with Crippen LogP contribution in [0.4, 0.5) is 5.69 Å². The van der Waals surface area contributed by atoms with Gasteiger partial charge in [-0.05, 0) is 30.3 Å². The molecule has 0 unspecified atom stereocenters. The van der Waals surface area contributed by atoms with E-state index in [9.17, 15) is 0 Å². The molecular formula is C20H15N3. The summed E-state index contributed by atoms with van der Waals surface area (Å²) >= 11 is 0. The number of aromatic nitrogens is 2. The molecule has 1 heterocycles. The van der Waals surface area contributed by atoms with E-state index in [-0.39, 0.29) is 0 Å². The molecule has 0 radical (unpaired) electrons. The highest BCUT2D eigenvalue weighted by molar-refractivity contribution is 5.93. The van der Waals surface area contributed by atoms with Crippen molar-refractivity contribution in [1.29, 1.82) is 0 Å². The predicted octanol–water partition coefficient (Wildman–Crippen LogP) is 4.55. The average molecular weight is 297 g/mol. The topological polar surface area (TPSA) is 51.8 Å². The summed E-state index contributed by atoms with van der Waals surface area (Å²) in [6.45, 7) is 0. The minimum Gasteiger partial charge on any atom is -0.399 e. The second kappa shape index (κ2) is 5.54. The molecule has 3 aromatic carbocycles. The normalized spacial score (nSPS) is 10.8. The van der Waals surface area contributed by atoms with E-state index in [1.54, 1.807) is 0 Å². The van der Waals surface area contributed by atoms with Gasteiger partial charge in [0.25, 0.3) is 0 Å². The Morgan fingerprint density at radius 3 is 2.09 bits per heavy atom. The average Bonchev–Trinajstić information content (AvgIpc) is 2.62. The van der Waals surface area contributed by atoms with Gasteiger partial charge in [0.15, 0.2) is 5.82 Å². The summed E-state index contributed by atoms with van der Waals surface area (Å²) in [6.07, 6.45) is 0. The summed E-state index contributed by atoms with van der Waals surface area (Å²) in [5.74, 6) is 0.711. The van der Waals surface area contributed by atoms with Gasteiger partial charge in [0.2, 0.25) is 0 Å². The molecule has 0 fully saturated rings. The second-order valence-electron chi connectivity index (χ2n) is 5.40. The predicted molar refractivity (Wildman–Crippen MR) is 94.8 cm³/mol. The van der Waals surface area contributed by atoms with Crippen LogP contribution < -0.4 is 5.73 Å². The van der Waals surface area contributed by atoms with Crippen LogP contribution in [0.15, 0.2) is 78.9 Å². The van der Waals surface area contributed by atoms with Crippen LogP contribution in [0, 0.1) is 0 Å². The van der Waals surface area contributed by atoms with Crippen molar-refractivity contribution in [2.24, 2.45) is 0 Å². The number of hydrogen-bond acceptors (Lipinski definition) is 3. The lowest BCUT2D eigenvalue weighted by atomic mass is 10.1. The van der Waals surface area contributed by atoms with Gasteiger partial charge in [0.05, 0.1) is 11.2 Å². The Balaban J connectivity index is 1.99. The molecule has 3 heteroatoms. The Kier molecular flexibility index (Phi) is 3.24. The second-order valence-corrected chi connectivity index (χ2v) is 5.40. The Labute approximate surface area is 134 Å². The van der Waals surface area contributed by atoms with Crippen molar-refractivity contribution >= 4 is 16.6 Å². The molecule has 4 aromatic rings. The highest BCUT2D eigenvalue weighted by Gasteiger charge is 2.10. The fourth-order valence-corrected chi connectivity index (χ4v) is 2.65. The molecule has 0 aliphatic carbocycles. The van der Waals surface area contributed by atoms with Crippen molar-refractivity contribution in [2.75, 3.05) is 5.73 Å². The fourth-order valence-electron chi connectivity index (χ4n) is 2.65. The summed E-state index contributed by atoms with van der Waals surface area (Å²) < 4.78 is 0. The molecule has 0 bridgehead atoms. The van der Waals surface area contributed by atoms with Gasteiger partial charge in [-0.15, -0.1) is 0 Å².